The third-order valence-corrected chi connectivity index (χ3v) is 3.14. The van der Waals surface area contributed by atoms with Crippen LogP contribution in [0.1, 0.15) is 0 Å². The highest BCUT2D eigenvalue weighted by molar-refractivity contribution is 8.01. The highest BCUT2D eigenvalue weighted by atomic mass is 32.2. The first-order chi connectivity index (χ1) is 4.88. The molecule has 2 aliphatic heterocycles. The summed E-state index contributed by atoms with van der Waals surface area (Å²) < 4.78 is 0. The lowest BCUT2D eigenvalue weighted by Gasteiger charge is -2.28. The van der Waals surface area contributed by atoms with Crippen molar-refractivity contribution >= 4 is 17.7 Å². The van der Waals surface area contributed by atoms with Crippen LogP contribution < -0.4 is 5.32 Å². The lowest BCUT2D eigenvalue weighted by Crippen LogP contribution is -2.48. The van der Waals surface area contributed by atoms with Gasteiger partial charge in [-0.3, -0.25) is 4.79 Å². The van der Waals surface area contributed by atoms with E-state index in [0.29, 0.717) is 17.0 Å². The summed E-state index contributed by atoms with van der Waals surface area (Å²) >= 11 is 1.75. The molecule has 2 fully saturated rings. The molecule has 0 aromatic heterocycles. The molecule has 3 nitrogen and oxygen atoms in total. The van der Waals surface area contributed by atoms with Gasteiger partial charge >= 0.3 is 0 Å². The van der Waals surface area contributed by atoms with Crippen LogP contribution in [-0.2, 0) is 4.79 Å². The SMILES string of the molecule is O=C1CS[C@@H]2CNCCN12. The molecule has 56 valence electrons. The number of hydrogen-bond acceptors (Lipinski definition) is 3. The van der Waals surface area contributed by atoms with Crippen LogP contribution in [0.25, 0.3) is 0 Å². The van der Waals surface area contributed by atoms with E-state index in [1.54, 1.807) is 11.8 Å². The first kappa shape index (κ1) is 6.49. The molecule has 0 unspecified atom stereocenters. The number of nitrogens with one attached hydrogen (secondary N) is 1. The largest absolute Gasteiger partial charge is 0.327 e. The summed E-state index contributed by atoms with van der Waals surface area (Å²) in [6.45, 7) is 2.83. The fourth-order valence-corrected chi connectivity index (χ4v) is 2.50. The summed E-state index contributed by atoms with van der Waals surface area (Å²) in [4.78, 5) is 13.1. The van der Waals surface area contributed by atoms with Crippen LogP contribution in [0, 0.1) is 0 Å². The number of nitrogens with zero attached hydrogens (tertiary/aromatic N) is 1. The fraction of sp³-hybridized carbons (Fsp3) is 0.833. The first-order valence-corrected chi connectivity index (χ1v) is 4.54. The van der Waals surface area contributed by atoms with E-state index >= 15 is 0 Å². The Morgan fingerprint density at radius 2 is 2.60 bits per heavy atom. The van der Waals surface area contributed by atoms with Gasteiger partial charge in [-0.25, -0.2) is 0 Å². The molecule has 0 aliphatic carbocycles. The van der Waals surface area contributed by atoms with Crippen molar-refractivity contribution in [1.82, 2.24) is 10.2 Å². The number of rotatable bonds is 0. The van der Waals surface area contributed by atoms with Crippen molar-refractivity contribution in [2.24, 2.45) is 0 Å². The molecule has 0 aromatic carbocycles. The third-order valence-electron chi connectivity index (χ3n) is 1.92. The minimum atomic E-state index is 0.316. The van der Waals surface area contributed by atoms with Crippen LogP contribution >= 0.6 is 11.8 Å². The van der Waals surface area contributed by atoms with Gasteiger partial charge in [-0.05, 0) is 0 Å². The molecule has 2 rings (SSSR count). The second-order valence-corrected chi connectivity index (χ2v) is 3.72. The Morgan fingerprint density at radius 1 is 1.70 bits per heavy atom. The van der Waals surface area contributed by atoms with Crippen molar-refractivity contribution in [2.75, 3.05) is 25.4 Å². The number of hydrogen-bond donors (Lipinski definition) is 1. The molecule has 0 spiro atoms. The van der Waals surface area contributed by atoms with Gasteiger partial charge in [-0.2, -0.15) is 0 Å². The second-order valence-electron chi connectivity index (χ2n) is 2.56. The summed E-state index contributed by atoms with van der Waals surface area (Å²) in [7, 11) is 0. The van der Waals surface area contributed by atoms with Crippen molar-refractivity contribution in [3.05, 3.63) is 0 Å². The Hall–Kier alpha value is -0.220. The maximum absolute atomic E-state index is 11.1. The molecule has 0 aromatic rings. The number of amides is 1. The van der Waals surface area contributed by atoms with E-state index in [1.807, 2.05) is 4.90 Å². The molecule has 10 heavy (non-hydrogen) atoms. The average molecular weight is 158 g/mol. The Labute approximate surface area is 64.1 Å². The van der Waals surface area contributed by atoms with E-state index in [-0.39, 0.29) is 0 Å². The van der Waals surface area contributed by atoms with Gasteiger partial charge in [0, 0.05) is 19.6 Å². The van der Waals surface area contributed by atoms with Crippen LogP contribution in [0.2, 0.25) is 0 Å². The van der Waals surface area contributed by atoms with Gasteiger partial charge in [-0.15, -0.1) is 11.8 Å². The number of carbonyl (C=O) groups excluding carboxylic acids is 1. The third kappa shape index (κ3) is 0.914. The first-order valence-electron chi connectivity index (χ1n) is 3.50. The number of thioether (sulfide) groups is 1. The second kappa shape index (κ2) is 2.43. The molecule has 4 heteroatoms. The van der Waals surface area contributed by atoms with Crippen molar-refractivity contribution in [3.8, 4) is 0 Å². The van der Waals surface area contributed by atoms with E-state index < -0.39 is 0 Å². The van der Waals surface area contributed by atoms with E-state index in [1.165, 1.54) is 0 Å². The Kier molecular flexibility index (Phi) is 1.58. The zero-order valence-corrected chi connectivity index (χ0v) is 6.49. The molecule has 1 N–H and O–H groups in total. The van der Waals surface area contributed by atoms with Gasteiger partial charge in [0.25, 0.3) is 0 Å². The van der Waals surface area contributed by atoms with Gasteiger partial charge in [0.2, 0.25) is 5.91 Å². The maximum Gasteiger partial charge on any atom is 0.233 e. The highest BCUT2D eigenvalue weighted by Crippen LogP contribution is 2.24. The lowest BCUT2D eigenvalue weighted by atomic mass is 10.3. The lowest BCUT2D eigenvalue weighted by molar-refractivity contribution is -0.128. The summed E-state index contributed by atoms with van der Waals surface area (Å²) in [6, 6.07) is 0. The van der Waals surface area contributed by atoms with Crippen molar-refractivity contribution in [1.29, 1.82) is 0 Å². The average Bonchev–Trinajstić information content (AvgIpc) is 2.34. The van der Waals surface area contributed by atoms with Crippen LogP contribution in [-0.4, -0.2) is 41.6 Å². The van der Waals surface area contributed by atoms with Crippen molar-refractivity contribution in [2.45, 2.75) is 5.37 Å². The van der Waals surface area contributed by atoms with Crippen LogP contribution in [0.4, 0.5) is 0 Å². The zero-order chi connectivity index (χ0) is 6.97. The maximum atomic E-state index is 11.1. The van der Waals surface area contributed by atoms with E-state index in [4.69, 9.17) is 0 Å². The molecular weight excluding hydrogens is 148 g/mol. The van der Waals surface area contributed by atoms with Gasteiger partial charge < -0.3 is 10.2 Å². The number of fused-ring (bicyclic) bond motifs is 1. The summed E-state index contributed by atoms with van der Waals surface area (Å²) in [5.41, 5.74) is 0. The Balaban J connectivity index is 2.08. The molecule has 0 saturated carbocycles. The predicted molar refractivity (Wildman–Crippen MR) is 40.8 cm³/mol. The molecular formula is C6H10N2OS. The monoisotopic (exact) mass is 158 g/mol. The van der Waals surface area contributed by atoms with Crippen LogP contribution in [0.15, 0.2) is 0 Å². The Bertz CT molecular complexity index is 162. The summed E-state index contributed by atoms with van der Waals surface area (Å²) in [5.74, 6) is 1.00. The van der Waals surface area contributed by atoms with Gasteiger partial charge in [0.1, 0.15) is 0 Å². The normalized spacial score (nSPS) is 32.6. The highest BCUT2D eigenvalue weighted by Gasteiger charge is 2.32. The minimum Gasteiger partial charge on any atom is -0.327 e. The van der Waals surface area contributed by atoms with E-state index in [2.05, 4.69) is 5.32 Å². The van der Waals surface area contributed by atoms with Crippen LogP contribution in [0.5, 0.6) is 0 Å². The molecule has 2 saturated heterocycles. The van der Waals surface area contributed by atoms with E-state index in [9.17, 15) is 4.79 Å². The molecule has 2 heterocycles. The zero-order valence-electron chi connectivity index (χ0n) is 5.67. The molecule has 1 atom stereocenters. The molecule has 0 radical (unpaired) electrons. The topological polar surface area (TPSA) is 32.3 Å². The molecule has 1 amide bonds. The predicted octanol–water partition coefficient (Wildman–Crippen LogP) is -0.509. The van der Waals surface area contributed by atoms with Crippen molar-refractivity contribution < 1.29 is 4.79 Å². The van der Waals surface area contributed by atoms with E-state index in [0.717, 1.165) is 19.6 Å². The van der Waals surface area contributed by atoms with Gasteiger partial charge in [0.15, 0.2) is 0 Å². The number of piperazine rings is 1. The minimum absolute atomic E-state index is 0.316. The molecule has 2 aliphatic rings. The fourth-order valence-electron chi connectivity index (χ4n) is 1.36. The smallest absolute Gasteiger partial charge is 0.233 e. The van der Waals surface area contributed by atoms with Crippen molar-refractivity contribution in [3.63, 3.8) is 0 Å². The number of carbonyl (C=O) groups is 1. The van der Waals surface area contributed by atoms with Gasteiger partial charge in [0.05, 0.1) is 11.1 Å². The molecule has 0 bridgehead atoms. The summed E-state index contributed by atoms with van der Waals surface area (Å²) in [5, 5.41) is 3.69. The Morgan fingerprint density at radius 3 is 3.40 bits per heavy atom. The summed E-state index contributed by atoms with van der Waals surface area (Å²) in [6.07, 6.45) is 0. The van der Waals surface area contributed by atoms with Gasteiger partial charge in [-0.1, -0.05) is 0 Å². The van der Waals surface area contributed by atoms with Crippen LogP contribution in [0.3, 0.4) is 0 Å². The quantitative estimate of drug-likeness (QED) is 0.515. The standard InChI is InChI=1S/C6H10N2OS/c9-5-4-10-6-3-7-1-2-8(5)6/h6-7H,1-4H2/t6-/m1/s1.